The Morgan fingerprint density at radius 1 is 1.00 bits per heavy atom. The highest BCUT2D eigenvalue weighted by atomic mass is 35.5. The monoisotopic (exact) mass is 252 g/mol. The maximum Gasteiger partial charge on any atom is 0.123 e. The van der Waals surface area contributed by atoms with Gasteiger partial charge in [0, 0.05) is 15.7 Å². The summed E-state index contributed by atoms with van der Waals surface area (Å²) < 4.78 is 12.7. The van der Waals surface area contributed by atoms with Crippen LogP contribution in [0.1, 0.15) is 5.56 Å². The second kappa shape index (κ2) is 5.37. The van der Waals surface area contributed by atoms with Crippen LogP contribution in [0, 0.1) is 5.82 Å². The van der Waals surface area contributed by atoms with Gasteiger partial charge in [-0.15, -0.1) is 11.8 Å². The normalized spacial score (nSPS) is 10.4. The van der Waals surface area contributed by atoms with E-state index < -0.39 is 0 Å². The topological polar surface area (TPSA) is 0 Å². The standard InChI is InChI=1S/C13H10ClFS/c14-13-4-2-1-3-10(13)9-16-12-7-5-11(15)6-8-12/h1-8H,9H2. The van der Waals surface area contributed by atoms with Gasteiger partial charge in [-0.3, -0.25) is 0 Å². The fraction of sp³-hybridized carbons (Fsp3) is 0.0769. The molecule has 0 radical (unpaired) electrons. The molecule has 0 aliphatic rings. The quantitative estimate of drug-likeness (QED) is 0.709. The van der Waals surface area contributed by atoms with Gasteiger partial charge in [-0.25, -0.2) is 4.39 Å². The fourth-order valence-corrected chi connectivity index (χ4v) is 2.49. The van der Waals surface area contributed by atoms with Crippen LogP contribution in [0.4, 0.5) is 4.39 Å². The van der Waals surface area contributed by atoms with E-state index >= 15 is 0 Å². The van der Waals surface area contributed by atoms with Crippen LogP contribution < -0.4 is 0 Å². The lowest BCUT2D eigenvalue weighted by molar-refractivity contribution is 0.626. The Hall–Kier alpha value is -0.990. The van der Waals surface area contributed by atoms with Crippen LogP contribution >= 0.6 is 23.4 Å². The van der Waals surface area contributed by atoms with Crippen molar-refractivity contribution in [1.29, 1.82) is 0 Å². The molecular weight excluding hydrogens is 243 g/mol. The molecule has 0 fully saturated rings. The van der Waals surface area contributed by atoms with Gasteiger partial charge < -0.3 is 0 Å². The van der Waals surface area contributed by atoms with Crippen molar-refractivity contribution in [1.82, 2.24) is 0 Å². The summed E-state index contributed by atoms with van der Waals surface area (Å²) >= 11 is 7.69. The summed E-state index contributed by atoms with van der Waals surface area (Å²) in [6.07, 6.45) is 0. The van der Waals surface area contributed by atoms with Crippen LogP contribution in [0.3, 0.4) is 0 Å². The highest BCUT2D eigenvalue weighted by Gasteiger charge is 2.00. The molecule has 0 bridgehead atoms. The van der Waals surface area contributed by atoms with Gasteiger partial charge in [-0.1, -0.05) is 29.8 Å². The average Bonchev–Trinajstić information content (AvgIpc) is 2.30. The van der Waals surface area contributed by atoms with Crippen LogP contribution in [-0.4, -0.2) is 0 Å². The minimum atomic E-state index is -0.206. The molecule has 82 valence electrons. The lowest BCUT2D eigenvalue weighted by atomic mass is 10.2. The Morgan fingerprint density at radius 3 is 2.38 bits per heavy atom. The van der Waals surface area contributed by atoms with E-state index in [1.807, 2.05) is 24.3 Å². The third-order valence-electron chi connectivity index (χ3n) is 2.17. The summed E-state index contributed by atoms with van der Waals surface area (Å²) in [4.78, 5) is 1.04. The molecule has 0 amide bonds. The minimum absolute atomic E-state index is 0.206. The Kier molecular flexibility index (Phi) is 3.86. The molecule has 0 aliphatic carbocycles. The number of hydrogen-bond acceptors (Lipinski definition) is 1. The van der Waals surface area contributed by atoms with Gasteiger partial charge in [0.15, 0.2) is 0 Å². The molecule has 0 spiro atoms. The Balaban J connectivity index is 2.02. The summed E-state index contributed by atoms with van der Waals surface area (Å²) in [5.41, 5.74) is 1.10. The van der Waals surface area contributed by atoms with Gasteiger partial charge in [0.1, 0.15) is 5.82 Å². The molecule has 0 N–H and O–H groups in total. The molecule has 0 saturated carbocycles. The third kappa shape index (κ3) is 3.00. The smallest absolute Gasteiger partial charge is 0.123 e. The van der Waals surface area contributed by atoms with Crippen LogP contribution in [0.15, 0.2) is 53.4 Å². The predicted octanol–water partition coefficient (Wildman–Crippen LogP) is 4.77. The number of halogens is 2. The molecule has 2 aromatic carbocycles. The van der Waals surface area contributed by atoms with Crippen LogP contribution in [0.2, 0.25) is 5.02 Å². The Morgan fingerprint density at radius 2 is 1.69 bits per heavy atom. The maximum absolute atomic E-state index is 12.7. The largest absolute Gasteiger partial charge is 0.207 e. The first-order valence-corrected chi connectivity index (χ1v) is 6.24. The molecule has 3 heteroatoms. The molecule has 0 saturated heterocycles. The first kappa shape index (κ1) is 11.5. The van der Waals surface area contributed by atoms with E-state index in [0.717, 1.165) is 21.2 Å². The summed E-state index contributed by atoms with van der Waals surface area (Å²) in [7, 11) is 0. The van der Waals surface area contributed by atoms with Gasteiger partial charge in [0.25, 0.3) is 0 Å². The zero-order valence-corrected chi connectivity index (χ0v) is 10.1. The highest BCUT2D eigenvalue weighted by Crippen LogP contribution is 2.26. The van der Waals surface area contributed by atoms with Crippen molar-refractivity contribution in [3.05, 3.63) is 64.9 Å². The van der Waals surface area contributed by atoms with Crippen molar-refractivity contribution in [2.75, 3.05) is 0 Å². The molecule has 0 aliphatic heterocycles. The SMILES string of the molecule is Fc1ccc(SCc2ccccc2Cl)cc1. The minimum Gasteiger partial charge on any atom is -0.207 e. The fourth-order valence-electron chi connectivity index (χ4n) is 1.31. The Labute approximate surface area is 103 Å². The first-order chi connectivity index (χ1) is 7.75. The van der Waals surface area contributed by atoms with E-state index in [4.69, 9.17) is 11.6 Å². The van der Waals surface area contributed by atoms with Gasteiger partial charge in [0.2, 0.25) is 0 Å². The second-order valence-corrected chi connectivity index (χ2v) is 4.79. The van der Waals surface area contributed by atoms with Crippen molar-refractivity contribution in [3.63, 3.8) is 0 Å². The van der Waals surface area contributed by atoms with E-state index in [1.54, 1.807) is 23.9 Å². The molecule has 16 heavy (non-hydrogen) atoms. The Bertz CT molecular complexity index is 468. The second-order valence-electron chi connectivity index (χ2n) is 3.33. The first-order valence-electron chi connectivity index (χ1n) is 4.87. The summed E-state index contributed by atoms with van der Waals surface area (Å²) in [5.74, 6) is 0.591. The van der Waals surface area contributed by atoms with Crippen molar-refractivity contribution >= 4 is 23.4 Å². The average molecular weight is 253 g/mol. The summed E-state index contributed by atoms with van der Waals surface area (Å²) in [5, 5.41) is 0.775. The van der Waals surface area contributed by atoms with Gasteiger partial charge in [-0.2, -0.15) is 0 Å². The van der Waals surface area contributed by atoms with Gasteiger partial charge in [-0.05, 0) is 35.9 Å². The molecule has 0 unspecified atom stereocenters. The van der Waals surface area contributed by atoms with Crippen molar-refractivity contribution in [2.45, 2.75) is 10.6 Å². The van der Waals surface area contributed by atoms with Crippen molar-refractivity contribution < 1.29 is 4.39 Å². The van der Waals surface area contributed by atoms with E-state index in [-0.39, 0.29) is 5.82 Å². The summed E-state index contributed by atoms with van der Waals surface area (Å²) in [6, 6.07) is 14.2. The van der Waals surface area contributed by atoms with Crippen LogP contribution in [-0.2, 0) is 5.75 Å². The maximum atomic E-state index is 12.7. The molecule has 2 aromatic rings. The molecule has 0 nitrogen and oxygen atoms in total. The van der Waals surface area contributed by atoms with Crippen LogP contribution in [0.5, 0.6) is 0 Å². The molecule has 2 rings (SSSR count). The molecular formula is C13H10ClFS. The zero-order valence-electron chi connectivity index (χ0n) is 8.49. The zero-order chi connectivity index (χ0) is 11.4. The molecule has 0 aromatic heterocycles. The lowest BCUT2D eigenvalue weighted by Crippen LogP contribution is -1.82. The van der Waals surface area contributed by atoms with E-state index in [1.165, 1.54) is 12.1 Å². The van der Waals surface area contributed by atoms with Crippen molar-refractivity contribution in [2.24, 2.45) is 0 Å². The number of benzene rings is 2. The predicted molar refractivity (Wildman–Crippen MR) is 67.4 cm³/mol. The van der Waals surface area contributed by atoms with Gasteiger partial charge >= 0.3 is 0 Å². The van der Waals surface area contributed by atoms with E-state index in [0.29, 0.717) is 0 Å². The van der Waals surface area contributed by atoms with E-state index in [9.17, 15) is 4.39 Å². The number of hydrogen-bond donors (Lipinski definition) is 0. The molecule has 0 heterocycles. The van der Waals surface area contributed by atoms with Crippen LogP contribution in [0.25, 0.3) is 0 Å². The molecule has 0 atom stereocenters. The van der Waals surface area contributed by atoms with Gasteiger partial charge in [0.05, 0.1) is 0 Å². The lowest BCUT2D eigenvalue weighted by Gasteiger charge is -2.03. The third-order valence-corrected chi connectivity index (χ3v) is 3.60. The summed E-state index contributed by atoms with van der Waals surface area (Å²) in [6.45, 7) is 0. The number of thioether (sulfide) groups is 1. The van der Waals surface area contributed by atoms with Crippen molar-refractivity contribution in [3.8, 4) is 0 Å². The highest BCUT2D eigenvalue weighted by molar-refractivity contribution is 7.98. The van der Waals surface area contributed by atoms with E-state index in [2.05, 4.69) is 0 Å². The number of rotatable bonds is 3.